The molecule has 3 N–H and O–H groups in total. The number of benzene rings is 2. The van der Waals surface area contributed by atoms with Gasteiger partial charge in [-0.1, -0.05) is 31.2 Å². The van der Waals surface area contributed by atoms with E-state index in [1.165, 1.54) is 0 Å². The highest BCUT2D eigenvalue weighted by molar-refractivity contribution is 6.07. The van der Waals surface area contributed by atoms with Crippen molar-refractivity contribution < 1.29 is 9.53 Å². The molecule has 1 saturated carbocycles. The Balaban J connectivity index is 1.04. The van der Waals surface area contributed by atoms with Gasteiger partial charge in [0.1, 0.15) is 40.9 Å². The lowest BCUT2D eigenvalue weighted by molar-refractivity contribution is 0.101. The summed E-state index contributed by atoms with van der Waals surface area (Å²) in [5.41, 5.74) is 11.4. The minimum atomic E-state index is -0.207. The van der Waals surface area contributed by atoms with Crippen LogP contribution in [0.5, 0.6) is 5.75 Å². The van der Waals surface area contributed by atoms with E-state index in [1.807, 2.05) is 60.1 Å². The normalized spacial score (nSPS) is 18.3. The van der Waals surface area contributed by atoms with Crippen LogP contribution in [0, 0.1) is 0 Å². The van der Waals surface area contributed by atoms with Crippen molar-refractivity contribution in [1.82, 2.24) is 38.8 Å². The number of aromatic nitrogens is 7. The molecule has 8 rings (SSSR count). The maximum atomic E-state index is 13.4. The SMILES string of the molecule is CCc1nnc2n1CCN([C@H]1CC[C@@H](n3cc(-c4ccc(NC(=O)c5cc6ccccc6n5C)c(OC)c4)c4c(N)ncnc43)CC1)C2. The van der Waals surface area contributed by atoms with Crippen molar-refractivity contribution in [3.8, 4) is 16.9 Å². The van der Waals surface area contributed by atoms with Gasteiger partial charge in [0.25, 0.3) is 5.91 Å². The van der Waals surface area contributed by atoms with Crippen LogP contribution in [-0.2, 0) is 26.6 Å². The van der Waals surface area contributed by atoms with Gasteiger partial charge in [0, 0.05) is 61.3 Å². The molecule has 246 valence electrons. The van der Waals surface area contributed by atoms with Crippen LogP contribution in [-0.4, -0.2) is 64.4 Å². The third kappa shape index (κ3) is 5.07. The molecule has 12 nitrogen and oxygen atoms in total. The highest BCUT2D eigenvalue weighted by atomic mass is 16.5. The van der Waals surface area contributed by atoms with Crippen LogP contribution >= 0.6 is 0 Å². The molecule has 48 heavy (non-hydrogen) atoms. The predicted octanol–water partition coefficient (Wildman–Crippen LogP) is 5.59. The number of hydrogen-bond donors (Lipinski definition) is 2. The molecule has 2 aliphatic rings. The first kappa shape index (κ1) is 30.1. The molecule has 1 aliphatic heterocycles. The van der Waals surface area contributed by atoms with E-state index >= 15 is 0 Å². The Morgan fingerprint density at radius 1 is 1.02 bits per heavy atom. The number of fused-ring (bicyclic) bond motifs is 3. The summed E-state index contributed by atoms with van der Waals surface area (Å²) in [6.07, 6.45) is 8.93. The second-order valence-electron chi connectivity index (χ2n) is 12.9. The standard InChI is InChI=1S/C36H40N10O2/c1-4-31-41-42-32-20-44(15-16-45(31)32)24-10-12-25(13-11-24)46-19-26(33-34(37)38-21-39-35(33)46)22-9-14-27(30(18-22)48-3)40-36(47)29-17-23-7-5-6-8-28(23)43(29)2/h5-9,14,17-19,21,24-25H,4,10-13,15-16,20H2,1-3H3,(H,40,47)(H2,37,38,39)/t24-,25+. The number of aryl methyl sites for hydroxylation is 2. The van der Waals surface area contributed by atoms with E-state index in [1.54, 1.807) is 13.4 Å². The van der Waals surface area contributed by atoms with Crippen molar-refractivity contribution >= 4 is 39.3 Å². The van der Waals surface area contributed by atoms with E-state index in [2.05, 4.69) is 47.7 Å². The molecule has 0 spiro atoms. The average Bonchev–Trinajstić information content (AvgIpc) is 3.82. The van der Waals surface area contributed by atoms with Crippen LogP contribution in [0.3, 0.4) is 0 Å². The lowest BCUT2D eigenvalue weighted by Crippen LogP contribution is -2.43. The number of anilines is 2. The number of nitrogens with two attached hydrogens (primary N) is 1. The van der Waals surface area contributed by atoms with E-state index < -0.39 is 0 Å². The molecule has 0 bridgehead atoms. The van der Waals surface area contributed by atoms with E-state index in [0.717, 1.165) is 96.5 Å². The van der Waals surface area contributed by atoms with E-state index in [9.17, 15) is 4.79 Å². The monoisotopic (exact) mass is 644 g/mol. The fourth-order valence-electron chi connectivity index (χ4n) is 7.77. The first-order valence-corrected chi connectivity index (χ1v) is 16.7. The lowest BCUT2D eigenvalue weighted by atomic mass is 9.89. The number of carbonyl (C=O) groups is 1. The van der Waals surface area contributed by atoms with Gasteiger partial charge in [-0.15, -0.1) is 10.2 Å². The maximum Gasteiger partial charge on any atom is 0.272 e. The van der Waals surface area contributed by atoms with Gasteiger partial charge in [0.15, 0.2) is 0 Å². The predicted molar refractivity (Wildman–Crippen MR) is 186 cm³/mol. The van der Waals surface area contributed by atoms with Crippen LogP contribution in [0.1, 0.15) is 60.8 Å². The summed E-state index contributed by atoms with van der Waals surface area (Å²) >= 11 is 0. The van der Waals surface area contributed by atoms with Gasteiger partial charge >= 0.3 is 0 Å². The second kappa shape index (κ2) is 12.1. The Labute approximate surface area is 278 Å². The number of carbonyl (C=O) groups excluding carboxylic acids is 1. The minimum absolute atomic E-state index is 0.207. The second-order valence-corrected chi connectivity index (χ2v) is 12.9. The van der Waals surface area contributed by atoms with Gasteiger partial charge in [-0.25, -0.2) is 9.97 Å². The fraction of sp³-hybridized carbons (Fsp3) is 0.361. The molecular weight excluding hydrogens is 604 g/mol. The average molecular weight is 645 g/mol. The Kier molecular flexibility index (Phi) is 7.59. The Morgan fingerprint density at radius 2 is 1.83 bits per heavy atom. The van der Waals surface area contributed by atoms with E-state index in [0.29, 0.717) is 35.0 Å². The summed E-state index contributed by atoms with van der Waals surface area (Å²) in [5, 5.41) is 13.8. The van der Waals surface area contributed by atoms with Crippen LogP contribution in [0.25, 0.3) is 33.1 Å². The number of methoxy groups -OCH3 is 1. The quantitative estimate of drug-likeness (QED) is 0.230. The van der Waals surface area contributed by atoms with Gasteiger partial charge in [0.2, 0.25) is 0 Å². The Bertz CT molecular complexity index is 2150. The fourth-order valence-corrected chi connectivity index (χ4v) is 7.77. The number of nitrogens with zero attached hydrogens (tertiary/aromatic N) is 8. The number of para-hydroxylation sites is 1. The van der Waals surface area contributed by atoms with Crippen LogP contribution in [0.4, 0.5) is 11.5 Å². The smallest absolute Gasteiger partial charge is 0.272 e. The van der Waals surface area contributed by atoms with Gasteiger partial charge in [-0.05, 0) is 55.5 Å². The first-order valence-electron chi connectivity index (χ1n) is 16.7. The molecular formula is C36H40N10O2. The summed E-state index contributed by atoms with van der Waals surface area (Å²) in [6, 6.07) is 16.5. The minimum Gasteiger partial charge on any atom is -0.495 e. The van der Waals surface area contributed by atoms with Crippen LogP contribution in [0.2, 0.25) is 0 Å². The zero-order chi connectivity index (χ0) is 32.9. The van der Waals surface area contributed by atoms with Crippen molar-refractivity contribution in [3.05, 3.63) is 78.4 Å². The highest BCUT2D eigenvalue weighted by Crippen LogP contribution is 2.41. The van der Waals surface area contributed by atoms with Crippen LogP contribution in [0.15, 0.2) is 61.1 Å². The molecule has 2 aromatic carbocycles. The summed E-state index contributed by atoms with van der Waals surface area (Å²) in [4.78, 5) is 25.0. The van der Waals surface area contributed by atoms with Crippen molar-refractivity contribution in [3.63, 3.8) is 0 Å². The van der Waals surface area contributed by atoms with Crippen molar-refractivity contribution in [2.75, 3.05) is 24.7 Å². The number of ether oxygens (including phenoxy) is 1. The molecule has 1 amide bonds. The lowest BCUT2D eigenvalue weighted by Gasteiger charge is -2.39. The molecule has 0 radical (unpaired) electrons. The molecule has 6 aromatic rings. The summed E-state index contributed by atoms with van der Waals surface area (Å²) < 4.78 is 12.3. The number of rotatable bonds is 7. The van der Waals surface area contributed by atoms with Crippen molar-refractivity contribution in [2.24, 2.45) is 7.05 Å². The van der Waals surface area contributed by atoms with Gasteiger partial charge in [-0.3, -0.25) is 9.69 Å². The van der Waals surface area contributed by atoms with Gasteiger partial charge in [0.05, 0.1) is 24.7 Å². The van der Waals surface area contributed by atoms with E-state index in [4.69, 9.17) is 15.5 Å². The molecule has 1 aliphatic carbocycles. The Morgan fingerprint density at radius 3 is 2.62 bits per heavy atom. The molecule has 5 heterocycles. The maximum absolute atomic E-state index is 13.4. The van der Waals surface area contributed by atoms with Crippen molar-refractivity contribution in [2.45, 2.75) is 64.2 Å². The Hall–Kier alpha value is -5.23. The van der Waals surface area contributed by atoms with Crippen molar-refractivity contribution in [1.29, 1.82) is 0 Å². The van der Waals surface area contributed by atoms with Gasteiger partial charge in [-0.2, -0.15) is 0 Å². The summed E-state index contributed by atoms with van der Waals surface area (Å²) in [7, 11) is 3.51. The van der Waals surface area contributed by atoms with E-state index in [-0.39, 0.29) is 5.91 Å². The third-order valence-corrected chi connectivity index (χ3v) is 10.3. The topological polar surface area (TPSA) is 134 Å². The molecule has 0 unspecified atom stereocenters. The summed E-state index contributed by atoms with van der Waals surface area (Å²) in [5.74, 6) is 2.96. The molecule has 4 aromatic heterocycles. The number of nitrogens with one attached hydrogen (secondary N) is 1. The number of hydrogen-bond acceptors (Lipinski definition) is 8. The number of nitrogen functional groups attached to an aromatic ring is 1. The highest BCUT2D eigenvalue weighted by Gasteiger charge is 2.31. The largest absolute Gasteiger partial charge is 0.495 e. The zero-order valence-electron chi connectivity index (χ0n) is 27.6. The number of amides is 1. The van der Waals surface area contributed by atoms with Gasteiger partial charge < -0.3 is 29.5 Å². The molecule has 0 saturated heterocycles. The van der Waals surface area contributed by atoms with Crippen LogP contribution < -0.4 is 15.8 Å². The first-order chi connectivity index (χ1) is 23.4. The molecule has 1 fully saturated rings. The molecule has 12 heteroatoms. The zero-order valence-corrected chi connectivity index (χ0v) is 27.6. The molecule has 0 atom stereocenters. The third-order valence-electron chi connectivity index (χ3n) is 10.3. The summed E-state index contributed by atoms with van der Waals surface area (Å²) in [6.45, 7) is 5.00.